The number of quaternary nitrogens is 1. The van der Waals surface area contributed by atoms with E-state index in [0.29, 0.717) is 13.1 Å². The molecule has 3 nitrogen and oxygen atoms in total. The van der Waals surface area contributed by atoms with Crippen LogP contribution in [0.3, 0.4) is 0 Å². The molecule has 0 radical (unpaired) electrons. The van der Waals surface area contributed by atoms with Gasteiger partial charge >= 0.3 is 0 Å². The van der Waals surface area contributed by atoms with Gasteiger partial charge in [0.25, 0.3) is 0 Å². The second-order valence-electron chi connectivity index (χ2n) is 1.51. The van der Waals surface area contributed by atoms with Crippen LogP contribution in [-0.2, 0) is 0 Å². The number of nitrogens with zero attached hydrogens (tertiary/aromatic N) is 1. The summed E-state index contributed by atoms with van der Waals surface area (Å²) in [5.74, 6) is 0. The first-order valence-electron chi connectivity index (χ1n) is 2.45. The highest BCUT2D eigenvalue weighted by Gasteiger charge is 2.13. The van der Waals surface area contributed by atoms with Gasteiger partial charge in [0.05, 0.1) is 0 Å². The van der Waals surface area contributed by atoms with E-state index in [2.05, 4.69) is 0 Å². The molecule has 0 unspecified atom stereocenters. The van der Waals surface area contributed by atoms with Crippen molar-refractivity contribution in [3.63, 3.8) is 0 Å². The third kappa shape index (κ3) is 4.52. The van der Waals surface area contributed by atoms with Crippen LogP contribution in [0.1, 0.15) is 13.8 Å². The van der Waals surface area contributed by atoms with Gasteiger partial charge in [-0.1, -0.05) is 0 Å². The van der Waals surface area contributed by atoms with Crippen molar-refractivity contribution < 1.29 is 15.2 Å². The Morgan fingerprint density at radius 1 is 1.12 bits per heavy atom. The summed E-state index contributed by atoms with van der Waals surface area (Å²) >= 11 is 0. The van der Waals surface area contributed by atoms with E-state index in [0.717, 1.165) is 0 Å². The van der Waals surface area contributed by atoms with Crippen LogP contribution in [-0.4, -0.2) is 28.3 Å². The maximum atomic E-state index is 8.62. The number of hydrogen-bond donors (Lipinski definition) is 2. The van der Waals surface area contributed by atoms with Crippen molar-refractivity contribution in [3.05, 3.63) is 0 Å². The Labute approximate surface area is 59.8 Å². The highest BCUT2D eigenvalue weighted by Crippen LogP contribution is 1.89. The van der Waals surface area contributed by atoms with Gasteiger partial charge in [0, 0.05) is 0 Å². The maximum Gasteiger partial charge on any atom is 0.139 e. The normalized spacial score (nSPS) is 10.5. The predicted molar refractivity (Wildman–Crippen MR) is 35.2 cm³/mol. The molecule has 0 spiro atoms. The fourth-order valence-electron chi connectivity index (χ4n) is 0.224. The van der Waals surface area contributed by atoms with Crippen molar-refractivity contribution in [1.82, 2.24) is 0 Å². The van der Waals surface area contributed by atoms with E-state index in [1.54, 1.807) is 13.8 Å². The zero-order valence-corrected chi connectivity index (χ0v) is 6.88. The zero-order valence-electron chi connectivity index (χ0n) is 5.16. The van der Waals surface area contributed by atoms with E-state index in [1.165, 1.54) is 0 Å². The summed E-state index contributed by atoms with van der Waals surface area (Å²) in [5.41, 5.74) is 0. The van der Waals surface area contributed by atoms with Crippen molar-refractivity contribution in [1.29, 1.82) is 0 Å². The van der Waals surface area contributed by atoms with E-state index in [-0.39, 0.29) is 17.0 Å². The van der Waals surface area contributed by atoms with E-state index in [1.807, 2.05) is 0 Å². The van der Waals surface area contributed by atoms with E-state index >= 15 is 0 Å². The molecule has 0 aliphatic rings. The molecule has 4 heteroatoms. The Morgan fingerprint density at radius 2 is 1.38 bits per heavy atom. The number of halogens is 1. The summed E-state index contributed by atoms with van der Waals surface area (Å²) < 4.78 is 0. The molecule has 0 aliphatic carbocycles. The van der Waals surface area contributed by atoms with Gasteiger partial charge in [-0.2, -0.15) is 10.4 Å². The standard InChI is InChI=1S/C4H12NO2.BrH/c1-3-5(6,7)4-2;/h6-7H,3-4H2,1-2H3;1H/q+1;. The SMILES string of the molecule is Br.CC[N+](O)(O)CC. The van der Waals surface area contributed by atoms with Gasteiger partial charge in [-0.25, -0.2) is 0 Å². The van der Waals surface area contributed by atoms with Crippen molar-refractivity contribution in [2.24, 2.45) is 0 Å². The van der Waals surface area contributed by atoms with E-state index < -0.39 is 4.81 Å². The van der Waals surface area contributed by atoms with Gasteiger partial charge in [0.1, 0.15) is 13.1 Å². The third-order valence-electron chi connectivity index (χ3n) is 1.01. The van der Waals surface area contributed by atoms with Crippen LogP contribution in [0.25, 0.3) is 0 Å². The lowest BCUT2D eigenvalue weighted by Crippen LogP contribution is -2.40. The van der Waals surface area contributed by atoms with Gasteiger partial charge in [0.15, 0.2) is 0 Å². The van der Waals surface area contributed by atoms with Crippen LogP contribution in [0.4, 0.5) is 0 Å². The van der Waals surface area contributed by atoms with Crippen LogP contribution < -0.4 is 0 Å². The molecule has 0 aromatic heterocycles. The average Bonchev–Trinajstić information content (AvgIpc) is 1.68. The largest absolute Gasteiger partial charge is 0.182 e. The van der Waals surface area contributed by atoms with Crippen molar-refractivity contribution >= 4 is 17.0 Å². The molecule has 0 heterocycles. The zero-order chi connectivity index (χ0) is 5.91. The molecule has 0 fully saturated rings. The lowest BCUT2D eigenvalue weighted by molar-refractivity contribution is -1.24. The molecular formula is C4H13BrNO2+. The van der Waals surface area contributed by atoms with Crippen LogP contribution in [0.2, 0.25) is 0 Å². The molecule has 0 aliphatic heterocycles. The molecule has 0 rings (SSSR count). The van der Waals surface area contributed by atoms with Crippen LogP contribution >= 0.6 is 17.0 Å². The smallest absolute Gasteiger partial charge is 0.139 e. The summed E-state index contributed by atoms with van der Waals surface area (Å²) in [6.45, 7) is 4.11. The fourth-order valence-corrected chi connectivity index (χ4v) is 0.224. The summed E-state index contributed by atoms with van der Waals surface area (Å²) in [5, 5.41) is 17.2. The fraction of sp³-hybridized carbons (Fsp3) is 1.00. The summed E-state index contributed by atoms with van der Waals surface area (Å²) in [7, 11) is 0. The minimum atomic E-state index is -0.861. The Kier molecular flexibility index (Phi) is 5.96. The molecule has 2 N–H and O–H groups in total. The number of hydroxylamine groups is 4. The Morgan fingerprint density at radius 3 is 1.38 bits per heavy atom. The molecule has 0 amide bonds. The van der Waals surface area contributed by atoms with Gasteiger partial charge in [-0.15, -0.1) is 17.0 Å². The molecule has 8 heavy (non-hydrogen) atoms. The lowest BCUT2D eigenvalue weighted by Gasteiger charge is -2.15. The minimum Gasteiger partial charge on any atom is -0.182 e. The number of rotatable bonds is 2. The predicted octanol–water partition coefficient (Wildman–Crippen LogP) is 1.20. The second kappa shape index (κ2) is 4.26. The van der Waals surface area contributed by atoms with Crippen molar-refractivity contribution in [3.8, 4) is 0 Å². The topological polar surface area (TPSA) is 40.5 Å². The van der Waals surface area contributed by atoms with Crippen LogP contribution in [0.15, 0.2) is 0 Å². The van der Waals surface area contributed by atoms with Gasteiger partial charge in [0.2, 0.25) is 0 Å². The van der Waals surface area contributed by atoms with Crippen molar-refractivity contribution in [2.75, 3.05) is 13.1 Å². The molecule has 52 valence electrons. The molecule has 0 aromatic carbocycles. The highest BCUT2D eigenvalue weighted by atomic mass is 79.9. The highest BCUT2D eigenvalue weighted by molar-refractivity contribution is 8.93. The summed E-state index contributed by atoms with van der Waals surface area (Å²) in [6.07, 6.45) is 0. The number of hydrogen-bond acceptors (Lipinski definition) is 2. The quantitative estimate of drug-likeness (QED) is 0.503. The van der Waals surface area contributed by atoms with Crippen LogP contribution in [0, 0.1) is 0 Å². The van der Waals surface area contributed by atoms with E-state index in [4.69, 9.17) is 10.4 Å². The molecule has 0 saturated heterocycles. The van der Waals surface area contributed by atoms with Gasteiger partial charge in [-0.05, 0) is 18.7 Å². The van der Waals surface area contributed by atoms with Gasteiger partial charge in [-0.3, -0.25) is 0 Å². The first-order chi connectivity index (χ1) is 3.12. The lowest BCUT2D eigenvalue weighted by atomic mass is 10.6. The Balaban J connectivity index is 0. The molecule has 0 aromatic rings. The van der Waals surface area contributed by atoms with Crippen LogP contribution in [0.5, 0.6) is 0 Å². The van der Waals surface area contributed by atoms with E-state index in [9.17, 15) is 0 Å². The summed E-state index contributed by atoms with van der Waals surface area (Å²) in [6, 6.07) is 0. The minimum absolute atomic E-state index is 0. The molecular weight excluding hydrogens is 174 g/mol. The first kappa shape index (κ1) is 11.2. The van der Waals surface area contributed by atoms with Crippen molar-refractivity contribution in [2.45, 2.75) is 13.8 Å². The maximum absolute atomic E-state index is 8.62. The average molecular weight is 187 g/mol. The second-order valence-corrected chi connectivity index (χ2v) is 1.51. The molecule has 0 saturated carbocycles. The molecule has 0 bridgehead atoms. The Bertz CT molecular complexity index is 52.0. The Hall–Kier alpha value is 0.360. The monoisotopic (exact) mass is 186 g/mol. The third-order valence-corrected chi connectivity index (χ3v) is 1.01. The molecule has 0 atom stereocenters. The van der Waals surface area contributed by atoms with Gasteiger partial charge < -0.3 is 0 Å². The first-order valence-corrected chi connectivity index (χ1v) is 2.45. The summed E-state index contributed by atoms with van der Waals surface area (Å²) in [4.78, 5) is -0.861.